The van der Waals surface area contributed by atoms with Crippen molar-refractivity contribution in [2.45, 2.75) is 64.0 Å². The van der Waals surface area contributed by atoms with Crippen LogP contribution >= 0.6 is 0 Å². The van der Waals surface area contributed by atoms with Crippen LogP contribution in [0.15, 0.2) is 60.9 Å². The van der Waals surface area contributed by atoms with Crippen molar-refractivity contribution in [2.24, 2.45) is 7.05 Å². The molecule has 5 rings (SSSR count). The van der Waals surface area contributed by atoms with Crippen molar-refractivity contribution in [1.82, 2.24) is 20.2 Å². The number of benzene rings is 1. The van der Waals surface area contributed by atoms with Gasteiger partial charge in [-0.25, -0.2) is 13.5 Å². The van der Waals surface area contributed by atoms with Crippen molar-refractivity contribution in [3.8, 4) is 22.8 Å². The predicted molar refractivity (Wildman–Crippen MR) is 132 cm³/mol. The Kier molecular flexibility index (Phi) is 6.14. The molecule has 1 aliphatic rings. The Balaban J connectivity index is 1.57. The van der Waals surface area contributed by atoms with Gasteiger partial charge in [-0.1, -0.05) is 13.8 Å². The number of rotatable bonds is 7. The maximum atomic E-state index is 15.3. The van der Waals surface area contributed by atoms with Gasteiger partial charge in [-0.2, -0.15) is 9.13 Å². The molecule has 6 nitrogen and oxygen atoms in total. The Bertz CT molecular complexity index is 1420. The molecule has 36 heavy (non-hydrogen) atoms. The Morgan fingerprint density at radius 3 is 2.42 bits per heavy atom. The summed E-state index contributed by atoms with van der Waals surface area (Å²) in [4.78, 5) is 0. The van der Waals surface area contributed by atoms with Gasteiger partial charge in [0.25, 0.3) is 5.69 Å². The van der Waals surface area contributed by atoms with Crippen LogP contribution in [0.5, 0.6) is 0 Å². The van der Waals surface area contributed by atoms with Gasteiger partial charge < -0.3 is 0 Å². The van der Waals surface area contributed by atoms with Gasteiger partial charge in [-0.15, -0.1) is 5.10 Å². The molecule has 0 spiro atoms. The first-order valence-corrected chi connectivity index (χ1v) is 12.6. The third-order valence-electron chi connectivity index (χ3n) is 8.32. The lowest BCUT2D eigenvalue weighted by molar-refractivity contribution is -0.772. The molecule has 0 amide bonds. The predicted octanol–water partition coefficient (Wildman–Crippen LogP) is 4.66. The van der Waals surface area contributed by atoms with E-state index in [-0.39, 0.29) is 5.54 Å². The van der Waals surface area contributed by atoms with Gasteiger partial charge in [0.2, 0.25) is 11.5 Å². The molecular formula is C28H32F2N6+2. The monoisotopic (exact) mass is 490 g/mol. The molecule has 186 valence electrons. The highest BCUT2D eigenvalue weighted by atomic mass is 19.1. The summed E-state index contributed by atoms with van der Waals surface area (Å²) in [6, 6.07) is 14.4. The van der Waals surface area contributed by atoms with Crippen molar-refractivity contribution >= 4 is 0 Å². The summed E-state index contributed by atoms with van der Waals surface area (Å²) in [6.45, 7) is 7.24. The van der Waals surface area contributed by atoms with E-state index in [1.165, 1.54) is 0 Å². The van der Waals surface area contributed by atoms with E-state index in [0.29, 0.717) is 11.4 Å². The summed E-state index contributed by atoms with van der Waals surface area (Å²) >= 11 is 0. The number of aryl methyl sites for hydroxylation is 2. The minimum atomic E-state index is -0.526. The van der Waals surface area contributed by atoms with Gasteiger partial charge in [-0.05, 0) is 47.5 Å². The smallest absolute Gasteiger partial charge is 0.223 e. The lowest BCUT2D eigenvalue weighted by atomic mass is 9.58. The molecule has 1 aliphatic heterocycles. The molecule has 0 aliphatic carbocycles. The second-order valence-corrected chi connectivity index (χ2v) is 9.85. The second kappa shape index (κ2) is 9.15. The molecule has 4 heterocycles. The van der Waals surface area contributed by atoms with E-state index >= 15 is 4.39 Å². The number of pyridine rings is 2. The van der Waals surface area contributed by atoms with Gasteiger partial charge in [-0.3, -0.25) is 0 Å². The molecule has 8 heteroatoms. The highest BCUT2D eigenvalue weighted by Gasteiger charge is 2.59. The molecule has 1 aromatic carbocycles. The van der Waals surface area contributed by atoms with Crippen LogP contribution in [-0.2, 0) is 24.5 Å². The maximum Gasteiger partial charge on any atom is 0.252 e. The molecule has 0 bridgehead atoms. The highest BCUT2D eigenvalue weighted by molar-refractivity contribution is 5.66. The molecule has 2 atom stereocenters. The number of fused-ring (bicyclic) bond motifs is 3. The van der Waals surface area contributed by atoms with Gasteiger partial charge in [0.15, 0.2) is 17.9 Å². The van der Waals surface area contributed by atoms with E-state index in [4.69, 9.17) is 0 Å². The third kappa shape index (κ3) is 3.53. The summed E-state index contributed by atoms with van der Waals surface area (Å²) in [7, 11) is 1.83. The molecule has 3 aromatic heterocycles. The fourth-order valence-electron chi connectivity index (χ4n) is 6.32. The van der Waals surface area contributed by atoms with Crippen LogP contribution in [0.3, 0.4) is 0 Å². The summed E-state index contributed by atoms with van der Waals surface area (Å²) < 4.78 is 35.9. The summed E-state index contributed by atoms with van der Waals surface area (Å²) in [5, 5.41) is 12.0. The molecular weight excluding hydrogens is 458 g/mol. The van der Waals surface area contributed by atoms with Crippen molar-refractivity contribution in [3.05, 3.63) is 78.1 Å². The van der Waals surface area contributed by atoms with Crippen LogP contribution < -0.4 is 9.13 Å². The van der Waals surface area contributed by atoms with Crippen molar-refractivity contribution in [3.63, 3.8) is 0 Å². The Morgan fingerprint density at radius 2 is 1.72 bits per heavy atom. The largest absolute Gasteiger partial charge is 0.252 e. The standard InChI is InChI=1S/C28H32F2N6/c1-5-27(3)21-18-20(29)19-22(30)25(21)23-12-8-10-17-36(23)28(27,6-2)14-11-16-35-15-9-7-13-24(35)26-31-32-33-34(26)4/h7-10,12-13,15,17-19H,5-6,11,14,16H2,1-4H3/q+2. The van der Waals surface area contributed by atoms with Gasteiger partial charge in [0.1, 0.15) is 18.2 Å². The average molecular weight is 491 g/mol. The molecule has 0 N–H and O–H groups in total. The van der Waals surface area contributed by atoms with Crippen molar-refractivity contribution in [1.29, 1.82) is 0 Å². The van der Waals surface area contributed by atoms with E-state index in [1.54, 1.807) is 10.7 Å². The fraction of sp³-hybridized carbons (Fsp3) is 0.393. The number of aromatic nitrogens is 6. The first kappa shape index (κ1) is 24.2. The Labute approximate surface area is 210 Å². The SMILES string of the molecule is CCC1(C)c2cc(F)cc(F)c2-c2cccc[n+]2C1(CC)CCC[n+]1ccccc1-c1nnnn1C. The summed E-state index contributed by atoms with van der Waals surface area (Å²) in [6.07, 6.45) is 7.40. The number of halogens is 2. The molecule has 4 aromatic rings. The fourth-order valence-corrected chi connectivity index (χ4v) is 6.32. The first-order valence-electron chi connectivity index (χ1n) is 12.6. The Hall–Kier alpha value is -3.55. The quantitative estimate of drug-likeness (QED) is 0.354. The van der Waals surface area contributed by atoms with Crippen LogP contribution in [0.1, 0.15) is 52.0 Å². The zero-order valence-electron chi connectivity index (χ0n) is 21.2. The second-order valence-electron chi connectivity index (χ2n) is 9.85. The minimum absolute atomic E-state index is 0.354. The lowest BCUT2D eigenvalue weighted by Crippen LogP contribution is -2.69. The maximum absolute atomic E-state index is 15.3. The van der Waals surface area contributed by atoms with Gasteiger partial charge >= 0.3 is 0 Å². The van der Waals surface area contributed by atoms with Crippen LogP contribution in [-0.4, -0.2) is 20.2 Å². The summed E-state index contributed by atoms with van der Waals surface area (Å²) in [5.41, 5.74) is 2.20. The molecule has 0 saturated heterocycles. The first-order chi connectivity index (χ1) is 17.4. The number of nitrogens with zero attached hydrogens (tertiary/aromatic N) is 6. The van der Waals surface area contributed by atoms with E-state index in [0.717, 1.165) is 55.2 Å². The molecule has 0 fully saturated rings. The normalized spacial score (nSPS) is 20.7. The molecule has 0 saturated carbocycles. The topological polar surface area (TPSA) is 51.4 Å². The number of hydrogen-bond donors (Lipinski definition) is 0. The van der Waals surface area contributed by atoms with E-state index < -0.39 is 17.0 Å². The zero-order chi connectivity index (χ0) is 25.5. The summed E-state index contributed by atoms with van der Waals surface area (Å²) in [5.74, 6) is -0.324. The van der Waals surface area contributed by atoms with Crippen LogP contribution in [0, 0.1) is 11.6 Å². The van der Waals surface area contributed by atoms with Crippen LogP contribution in [0.4, 0.5) is 8.78 Å². The lowest BCUT2D eigenvalue weighted by Gasteiger charge is -2.48. The Morgan fingerprint density at radius 1 is 0.972 bits per heavy atom. The average Bonchev–Trinajstić information content (AvgIpc) is 3.31. The minimum Gasteiger partial charge on any atom is -0.223 e. The number of hydrogen-bond acceptors (Lipinski definition) is 3. The zero-order valence-corrected chi connectivity index (χ0v) is 21.2. The molecule has 2 unspecified atom stereocenters. The molecule has 0 radical (unpaired) electrons. The van der Waals surface area contributed by atoms with E-state index in [9.17, 15) is 4.39 Å². The number of tetrazole rings is 1. The van der Waals surface area contributed by atoms with Crippen LogP contribution in [0.2, 0.25) is 0 Å². The van der Waals surface area contributed by atoms with Crippen molar-refractivity contribution in [2.75, 3.05) is 0 Å². The van der Waals surface area contributed by atoms with Gasteiger partial charge in [0.05, 0.1) is 11.0 Å². The third-order valence-corrected chi connectivity index (χ3v) is 8.32. The van der Waals surface area contributed by atoms with Crippen molar-refractivity contribution < 1.29 is 17.9 Å². The van der Waals surface area contributed by atoms with Gasteiger partial charge in [0, 0.05) is 56.6 Å². The van der Waals surface area contributed by atoms with Crippen LogP contribution in [0.25, 0.3) is 22.8 Å². The van der Waals surface area contributed by atoms with E-state index in [2.05, 4.69) is 51.6 Å². The van der Waals surface area contributed by atoms with E-state index in [1.807, 2.05) is 49.6 Å². The highest BCUT2D eigenvalue weighted by Crippen LogP contribution is 2.52.